The molecule has 132 valence electrons. The molecule has 0 aromatic heterocycles. The van der Waals surface area contributed by atoms with Gasteiger partial charge in [-0.25, -0.2) is 0 Å². The van der Waals surface area contributed by atoms with Gasteiger partial charge in [0.1, 0.15) is 0 Å². The minimum absolute atomic E-state index is 0.0342. The number of amides is 1. The van der Waals surface area contributed by atoms with Crippen molar-refractivity contribution in [2.45, 2.75) is 26.0 Å². The van der Waals surface area contributed by atoms with Gasteiger partial charge in [0.25, 0.3) is 5.91 Å². The molecule has 1 aliphatic rings. The minimum Gasteiger partial charge on any atom is -0.378 e. The second-order valence-corrected chi connectivity index (χ2v) is 7.48. The van der Waals surface area contributed by atoms with E-state index in [0.29, 0.717) is 13.1 Å². The third-order valence-corrected chi connectivity index (χ3v) is 5.15. The maximum Gasteiger partial charge on any atom is 0.254 e. The molecule has 2 atom stereocenters. The number of nitrogens with zero attached hydrogens (tertiary/aromatic N) is 1. The van der Waals surface area contributed by atoms with Crippen molar-refractivity contribution >= 4 is 27.5 Å². The molecule has 2 aromatic rings. The average Bonchev–Trinajstić information content (AvgIpc) is 2.99. The largest absolute Gasteiger partial charge is 0.378 e. The summed E-state index contributed by atoms with van der Waals surface area (Å²) in [6.45, 7) is 5.20. The number of hydrogen-bond acceptors (Lipinski definition) is 3. The van der Waals surface area contributed by atoms with Crippen molar-refractivity contribution in [2.24, 2.45) is 0 Å². The Bertz CT molecular complexity index is 778. The Balaban J connectivity index is 1.76. The summed E-state index contributed by atoms with van der Waals surface area (Å²) in [5.41, 5.74) is 3.90. The number of nitrogens with one attached hydrogen (secondary N) is 1. The fourth-order valence-electron chi connectivity index (χ4n) is 3.25. The fraction of sp³-hybridized carbons (Fsp3) is 0.350. The molecule has 0 radical (unpaired) electrons. The first-order valence-corrected chi connectivity index (χ1v) is 9.18. The predicted molar refractivity (Wildman–Crippen MR) is 104 cm³/mol. The Morgan fingerprint density at radius 3 is 2.72 bits per heavy atom. The van der Waals surface area contributed by atoms with Crippen LogP contribution in [0.15, 0.2) is 46.9 Å². The van der Waals surface area contributed by atoms with E-state index in [1.807, 2.05) is 61.2 Å². The second kappa shape index (κ2) is 7.58. The van der Waals surface area contributed by atoms with Gasteiger partial charge >= 0.3 is 0 Å². The summed E-state index contributed by atoms with van der Waals surface area (Å²) in [6.07, 6.45) is -0.0342. The van der Waals surface area contributed by atoms with Crippen LogP contribution in [-0.4, -0.2) is 43.2 Å². The Morgan fingerprint density at radius 1 is 1.20 bits per heavy atom. The highest BCUT2D eigenvalue weighted by Crippen LogP contribution is 2.23. The first-order valence-electron chi connectivity index (χ1n) is 8.39. The molecule has 1 amide bonds. The number of carbonyl (C=O) groups excluding carboxylic acids is 1. The van der Waals surface area contributed by atoms with Crippen molar-refractivity contribution < 1.29 is 9.53 Å². The Hall–Kier alpha value is -1.85. The van der Waals surface area contributed by atoms with E-state index in [0.717, 1.165) is 26.9 Å². The van der Waals surface area contributed by atoms with E-state index in [-0.39, 0.29) is 18.1 Å². The zero-order valence-corrected chi connectivity index (χ0v) is 16.3. The van der Waals surface area contributed by atoms with Gasteiger partial charge in [0.2, 0.25) is 0 Å². The predicted octanol–water partition coefficient (Wildman–Crippen LogP) is 4.02. The molecule has 0 saturated carbocycles. The number of rotatable bonds is 4. The fourth-order valence-corrected chi connectivity index (χ4v) is 3.65. The molecule has 0 bridgehead atoms. The molecule has 2 unspecified atom stereocenters. The van der Waals surface area contributed by atoms with Crippen LogP contribution in [0.25, 0.3) is 0 Å². The van der Waals surface area contributed by atoms with Crippen molar-refractivity contribution in [1.82, 2.24) is 4.90 Å². The van der Waals surface area contributed by atoms with E-state index in [9.17, 15) is 4.79 Å². The van der Waals surface area contributed by atoms with Gasteiger partial charge < -0.3 is 15.0 Å². The van der Waals surface area contributed by atoms with E-state index in [1.54, 1.807) is 7.11 Å². The van der Waals surface area contributed by atoms with Crippen LogP contribution in [0.2, 0.25) is 0 Å². The van der Waals surface area contributed by atoms with Crippen LogP contribution in [0.3, 0.4) is 0 Å². The molecule has 4 nitrogen and oxygen atoms in total. The van der Waals surface area contributed by atoms with Gasteiger partial charge in [-0.3, -0.25) is 4.79 Å². The van der Waals surface area contributed by atoms with Crippen LogP contribution >= 0.6 is 15.9 Å². The Morgan fingerprint density at radius 2 is 2.00 bits per heavy atom. The quantitative estimate of drug-likeness (QED) is 0.839. The lowest BCUT2D eigenvalue weighted by Gasteiger charge is -2.19. The van der Waals surface area contributed by atoms with Crippen molar-refractivity contribution in [3.05, 3.63) is 63.6 Å². The van der Waals surface area contributed by atoms with Crippen LogP contribution in [0.5, 0.6) is 0 Å². The lowest BCUT2D eigenvalue weighted by molar-refractivity contribution is 0.0719. The van der Waals surface area contributed by atoms with Gasteiger partial charge in [-0.1, -0.05) is 39.7 Å². The van der Waals surface area contributed by atoms with Gasteiger partial charge in [-0.05, 0) is 43.7 Å². The van der Waals surface area contributed by atoms with Crippen molar-refractivity contribution in [2.75, 3.05) is 25.5 Å². The first kappa shape index (κ1) is 18.0. The topological polar surface area (TPSA) is 41.6 Å². The zero-order valence-electron chi connectivity index (χ0n) is 14.8. The first-order chi connectivity index (χ1) is 12.0. The highest BCUT2D eigenvalue weighted by Gasteiger charge is 2.36. The average molecular weight is 403 g/mol. The van der Waals surface area contributed by atoms with Gasteiger partial charge in [0, 0.05) is 35.9 Å². The van der Waals surface area contributed by atoms with Crippen LogP contribution in [0.1, 0.15) is 21.5 Å². The molecule has 3 rings (SSSR count). The lowest BCUT2D eigenvalue weighted by atomic mass is 10.0. The third kappa shape index (κ3) is 4.05. The zero-order chi connectivity index (χ0) is 18.0. The molecule has 25 heavy (non-hydrogen) atoms. The summed E-state index contributed by atoms with van der Waals surface area (Å²) in [6, 6.07) is 14.1. The summed E-state index contributed by atoms with van der Waals surface area (Å²) in [5, 5.41) is 3.50. The maximum absolute atomic E-state index is 13.0. The molecular formula is C20H23BrN2O2. The summed E-state index contributed by atoms with van der Waals surface area (Å²) in [5.74, 6) is 0.0711. The van der Waals surface area contributed by atoms with Crippen molar-refractivity contribution in [1.29, 1.82) is 0 Å². The highest BCUT2D eigenvalue weighted by molar-refractivity contribution is 9.10. The molecule has 0 spiro atoms. The molecule has 1 saturated heterocycles. The van der Waals surface area contributed by atoms with Gasteiger partial charge in [-0.15, -0.1) is 0 Å². The maximum atomic E-state index is 13.0. The van der Waals surface area contributed by atoms with E-state index in [1.165, 1.54) is 0 Å². The second-order valence-electron chi connectivity index (χ2n) is 6.56. The summed E-state index contributed by atoms with van der Waals surface area (Å²) >= 11 is 3.49. The van der Waals surface area contributed by atoms with Gasteiger partial charge in [0.15, 0.2) is 0 Å². The van der Waals surface area contributed by atoms with Gasteiger partial charge in [0.05, 0.1) is 12.1 Å². The molecule has 5 heteroatoms. The van der Waals surface area contributed by atoms with E-state index >= 15 is 0 Å². The molecule has 1 fully saturated rings. The number of benzene rings is 2. The lowest BCUT2D eigenvalue weighted by Crippen LogP contribution is -2.33. The number of likely N-dealkylation sites (tertiary alicyclic amines) is 1. The molecule has 2 aromatic carbocycles. The number of ether oxygens (including phenoxy) is 1. The number of carbonyl (C=O) groups is 1. The van der Waals surface area contributed by atoms with E-state index in [2.05, 4.69) is 21.2 Å². The third-order valence-electron chi connectivity index (χ3n) is 4.66. The Kier molecular flexibility index (Phi) is 5.45. The molecule has 1 N–H and O–H groups in total. The van der Waals surface area contributed by atoms with Crippen LogP contribution in [-0.2, 0) is 4.74 Å². The summed E-state index contributed by atoms with van der Waals surface area (Å²) in [7, 11) is 1.70. The molecule has 1 aliphatic heterocycles. The summed E-state index contributed by atoms with van der Waals surface area (Å²) < 4.78 is 6.65. The molecule has 0 aliphatic carbocycles. The normalized spacial score (nSPS) is 19.9. The highest BCUT2D eigenvalue weighted by atomic mass is 79.9. The van der Waals surface area contributed by atoms with Crippen LogP contribution in [0.4, 0.5) is 5.69 Å². The molecule has 1 heterocycles. The van der Waals surface area contributed by atoms with Gasteiger partial charge in [-0.2, -0.15) is 0 Å². The molecular weight excluding hydrogens is 380 g/mol. The number of aryl methyl sites for hydroxylation is 2. The summed E-state index contributed by atoms with van der Waals surface area (Å²) in [4.78, 5) is 14.8. The van der Waals surface area contributed by atoms with Crippen molar-refractivity contribution in [3.63, 3.8) is 0 Å². The van der Waals surface area contributed by atoms with E-state index < -0.39 is 0 Å². The van der Waals surface area contributed by atoms with Crippen molar-refractivity contribution in [3.8, 4) is 0 Å². The SMILES string of the molecule is COC1CN(C(=O)c2cc(C)ccc2C)CC1Nc1cccc(Br)c1. The van der Waals surface area contributed by atoms with E-state index in [4.69, 9.17) is 4.74 Å². The van der Waals surface area contributed by atoms with Crippen LogP contribution < -0.4 is 5.32 Å². The number of anilines is 1. The standard InChI is InChI=1S/C20H23BrN2O2/c1-13-7-8-14(2)17(9-13)20(24)23-11-18(19(12-23)25-3)22-16-6-4-5-15(21)10-16/h4-10,18-19,22H,11-12H2,1-3H3. The number of halogens is 1. The monoisotopic (exact) mass is 402 g/mol. The number of methoxy groups -OCH3 is 1. The number of hydrogen-bond donors (Lipinski definition) is 1. The minimum atomic E-state index is -0.0342. The van der Waals surface area contributed by atoms with Crippen LogP contribution in [0, 0.1) is 13.8 Å². The Labute approximate surface area is 157 Å². The smallest absolute Gasteiger partial charge is 0.254 e.